The molecule has 0 radical (unpaired) electrons. The number of aryl methyl sites for hydroxylation is 1. The highest BCUT2D eigenvalue weighted by Crippen LogP contribution is 2.30. The van der Waals surface area contributed by atoms with Crippen molar-refractivity contribution in [2.24, 2.45) is 0 Å². The second kappa shape index (κ2) is 6.33. The molecular weight excluding hydrogens is 280 g/mol. The number of hydrogen-bond acceptors (Lipinski definition) is 4. The molecule has 1 heterocycles. The molecule has 0 atom stereocenters. The molecule has 0 saturated carbocycles. The Kier molecular flexibility index (Phi) is 4.27. The highest BCUT2D eigenvalue weighted by Gasteiger charge is 2.08. The van der Waals surface area contributed by atoms with E-state index in [0.29, 0.717) is 5.22 Å². The minimum atomic E-state index is 0.690. The van der Waals surface area contributed by atoms with Gasteiger partial charge in [0.15, 0.2) is 5.58 Å². The monoisotopic (exact) mass is 298 g/mol. The third kappa shape index (κ3) is 3.28. The van der Waals surface area contributed by atoms with E-state index in [4.69, 9.17) is 4.42 Å². The highest BCUT2D eigenvalue weighted by atomic mass is 32.2. The zero-order valence-corrected chi connectivity index (χ0v) is 13.0. The number of nitrogens with one attached hydrogen (secondary N) is 1. The van der Waals surface area contributed by atoms with Crippen molar-refractivity contribution in [1.82, 2.24) is 10.3 Å². The first-order valence-electron chi connectivity index (χ1n) is 7.10. The van der Waals surface area contributed by atoms with Crippen LogP contribution in [0.4, 0.5) is 0 Å². The fraction of sp³-hybridized carbons (Fsp3) is 0.235. The van der Waals surface area contributed by atoms with E-state index in [9.17, 15) is 0 Å². The number of oxazole rings is 1. The van der Waals surface area contributed by atoms with Gasteiger partial charge >= 0.3 is 0 Å². The summed E-state index contributed by atoms with van der Waals surface area (Å²) >= 11 is 1.56. The SMILES string of the molecule is CCNCc1ccc(Sc2nc3ccccc3o2)cc1C. The van der Waals surface area contributed by atoms with Crippen molar-refractivity contribution >= 4 is 22.9 Å². The van der Waals surface area contributed by atoms with Crippen LogP contribution in [0.25, 0.3) is 11.1 Å². The zero-order valence-electron chi connectivity index (χ0n) is 12.2. The number of nitrogens with zero attached hydrogens (tertiary/aromatic N) is 1. The van der Waals surface area contributed by atoms with Crippen LogP contribution in [-0.4, -0.2) is 11.5 Å². The smallest absolute Gasteiger partial charge is 0.261 e. The van der Waals surface area contributed by atoms with Crippen molar-refractivity contribution in [3.63, 3.8) is 0 Å². The molecule has 0 saturated heterocycles. The summed E-state index contributed by atoms with van der Waals surface area (Å²) in [4.78, 5) is 5.65. The van der Waals surface area contributed by atoms with Gasteiger partial charge in [0.2, 0.25) is 0 Å². The van der Waals surface area contributed by atoms with Gasteiger partial charge in [0.25, 0.3) is 5.22 Å². The van der Waals surface area contributed by atoms with E-state index in [1.165, 1.54) is 11.1 Å². The van der Waals surface area contributed by atoms with Crippen LogP contribution in [0, 0.1) is 6.92 Å². The number of hydrogen-bond donors (Lipinski definition) is 1. The van der Waals surface area contributed by atoms with Crippen LogP contribution >= 0.6 is 11.8 Å². The third-order valence-electron chi connectivity index (χ3n) is 3.36. The molecule has 3 rings (SSSR count). The lowest BCUT2D eigenvalue weighted by atomic mass is 10.1. The zero-order chi connectivity index (χ0) is 14.7. The highest BCUT2D eigenvalue weighted by molar-refractivity contribution is 7.99. The van der Waals surface area contributed by atoms with E-state index >= 15 is 0 Å². The number of para-hydroxylation sites is 2. The summed E-state index contributed by atoms with van der Waals surface area (Å²) in [5, 5.41) is 4.04. The maximum atomic E-state index is 5.75. The lowest BCUT2D eigenvalue weighted by molar-refractivity contribution is 0.489. The van der Waals surface area contributed by atoms with Crippen molar-refractivity contribution in [2.45, 2.75) is 30.5 Å². The van der Waals surface area contributed by atoms with Crippen molar-refractivity contribution in [3.8, 4) is 0 Å². The van der Waals surface area contributed by atoms with Gasteiger partial charge in [-0.2, -0.15) is 0 Å². The number of fused-ring (bicyclic) bond motifs is 1. The summed E-state index contributed by atoms with van der Waals surface area (Å²) in [6.45, 7) is 6.16. The Hall–Kier alpha value is -1.78. The fourth-order valence-electron chi connectivity index (χ4n) is 2.19. The first-order valence-corrected chi connectivity index (χ1v) is 7.91. The van der Waals surface area contributed by atoms with E-state index in [1.54, 1.807) is 11.8 Å². The predicted octanol–water partition coefficient (Wildman–Crippen LogP) is 4.40. The number of benzene rings is 2. The van der Waals surface area contributed by atoms with E-state index in [1.807, 2.05) is 24.3 Å². The Morgan fingerprint density at radius 3 is 2.81 bits per heavy atom. The van der Waals surface area contributed by atoms with Crippen molar-refractivity contribution in [3.05, 3.63) is 53.6 Å². The Morgan fingerprint density at radius 1 is 1.19 bits per heavy atom. The van der Waals surface area contributed by atoms with E-state index in [2.05, 4.69) is 42.3 Å². The number of aromatic nitrogens is 1. The van der Waals surface area contributed by atoms with Crippen LogP contribution in [0.15, 0.2) is 57.0 Å². The normalized spacial score (nSPS) is 11.1. The molecule has 4 heteroatoms. The van der Waals surface area contributed by atoms with Gasteiger partial charge in [-0.15, -0.1) is 0 Å². The molecule has 2 aromatic carbocycles. The molecule has 108 valence electrons. The summed E-state index contributed by atoms with van der Waals surface area (Å²) < 4.78 is 5.75. The first-order chi connectivity index (χ1) is 10.3. The van der Waals surface area contributed by atoms with E-state index in [-0.39, 0.29) is 0 Å². The van der Waals surface area contributed by atoms with Crippen molar-refractivity contribution < 1.29 is 4.42 Å². The van der Waals surface area contributed by atoms with Crippen LogP contribution in [0.2, 0.25) is 0 Å². The average molecular weight is 298 g/mol. The molecule has 1 aromatic heterocycles. The summed E-state index contributed by atoms with van der Waals surface area (Å²) in [6.07, 6.45) is 0. The maximum Gasteiger partial charge on any atom is 0.261 e. The second-order valence-corrected chi connectivity index (χ2v) is 5.94. The van der Waals surface area contributed by atoms with Gasteiger partial charge in [0.05, 0.1) is 0 Å². The molecule has 0 aliphatic heterocycles. The van der Waals surface area contributed by atoms with Crippen LogP contribution in [0.5, 0.6) is 0 Å². The summed E-state index contributed by atoms with van der Waals surface area (Å²) in [7, 11) is 0. The Balaban J connectivity index is 1.79. The van der Waals surface area contributed by atoms with Crippen molar-refractivity contribution in [2.75, 3.05) is 6.54 Å². The Morgan fingerprint density at radius 2 is 2.05 bits per heavy atom. The molecule has 1 N–H and O–H groups in total. The fourth-order valence-corrected chi connectivity index (χ4v) is 3.03. The molecule has 3 nitrogen and oxygen atoms in total. The Labute approximate surface area is 128 Å². The van der Waals surface area contributed by atoms with Gasteiger partial charge in [0.1, 0.15) is 5.52 Å². The summed E-state index contributed by atoms with van der Waals surface area (Å²) in [5.74, 6) is 0. The Bertz CT molecular complexity index is 718. The minimum Gasteiger partial charge on any atom is -0.431 e. The lowest BCUT2D eigenvalue weighted by Crippen LogP contribution is -2.12. The lowest BCUT2D eigenvalue weighted by Gasteiger charge is -2.07. The maximum absolute atomic E-state index is 5.75. The summed E-state index contributed by atoms with van der Waals surface area (Å²) in [5.41, 5.74) is 4.36. The van der Waals surface area contributed by atoms with Gasteiger partial charge in [0, 0.05) is 11.4 Å². The molecule has 0 spiro atoms. The minimum absolute atomic E-state index is 0.690. The largest absolute Gasteiger partial charge is 0.431 e. The number of rotatable bonds is 5. The van der Waals surface area contributed by atoms with Crippen LogP contribution in [0.3, 0.4) is 0 Å². The molecule has 3 aromatic rings. The van der Waals surface area contributed by atoms with Gasteiger partial charge < -0.3 is 9.73 Å². The topological polar surface area (TPSA) is 38.1 Å². The molecule has 0 aliphatic rings. The quantitative estimate of drug-likeness (QED) is 0.758. The average Bonchev–Trinajstić information content (AvgIpc) is 2.88. The van der Waals surface area contributed by atoms with E-state index in [0.717, 1.165) is 29.1 Å². The first kappa shape index (κ1) is 14.2. The molecule has 21 heavy (non-hydrogen) atoms. The van der Waals surface area contributed by atoms with Gasteiger partial charge in [-0.3, -0.25) is 0 Å². The summed E-state index contributed by atoms with van der Waals surface area (Å²) in [6, 6.07) is 14.3. The molecule has 0 unspecified atom stereocenters. The van der Waals surface area contributed by atoms with Crippen LogP contribution < -0.4 is 5.32 Å². The molecule has 0 bridgehead atoms. The standard InChI is InChI=1S/C17H18N2OS/c1-3-18-11-13-8-9-14(10-12(13)2)21-17-19-15-6-4-5-7-16(15)20-17/h4-10,18H,3,11H2,1-2H3. The molecule has 0 fully saturated rings. The molecule has 0 aliphatic carbocycles. The molecule has 0 amide bonds. The van der Waals surface area contributed by atoms with Gasteiger partial charge in [-0.25, -0.2) is 4.98 Å². The van der Waals surface area contributed by atoms with Gasteiger partial charge in [-0.05, 0) is 60.6 Å². The van der Waals surface area contributed by atoms with E-state index < -0.39 is 0 Å². The van der Waals surface area contributed by atoms with Gasteiger partial charge in [-0.1, -0.05) is 25.1 Å². The van der Waals surface area contributed by atoms with Crippen LogP contribution in [0.1, 0.15) is 18.1 Å². The predicted molar refractivity (Wildman–Crippen MR) is 86.7 cm³/mol. The van der Waals surface area contributed by atoms with Crippen molar-refractivity contribution in [1.29, 1.82) is 0 Å². The third-order valence-corrected chi connectivity index (χ3v) is 4.20. The van der Waals surface area contributed by atoms with Crippen LogP contribution in [-0.2, 0) is 6.54 Å². The second-order valence-electron chi connectivity index (χ2n) is 4.92. The molecular formula is C17H18N2OS.